The highest BCUT2D eigenvalue weighted by atomic mass is 32.2. The van der Waals surface area contributed by atoms with E-state index in [0.717, 1.165) is 5.75 Å². The van der Waals surface area contributed by atoms with Crippen molar-refractivity contribution in [2.24, 2.45) is 0 Å². The highest BCUT2D eigenvalue weighted by Gasteiger charge is 2.06. The van der Waals surface area contributed by atoms with E-state index in [2.05, 4.69) is 11.6 Å². The zero-order valence-electron chi connectivity index (χ0n) is 15.3. The Morgan fingerprint density at radius 3 is 1.43 bits per heavy atom. The largest absolute Gasteiger partial charge is 0.634 e. The van der Waals surface area contributed by atoms with Gasteiger partial charge in [0.15, 0.2) is 0 Å². The van der Waals surface area contributed by atoms with E-state index in [1.54, 1.807) is 11.8 Å². The standard InChI is InChI=1S/C18H39BO3S/c1-2-3-4-5-6-7-8-9-10-11-12-13-14-15-16-17-23-18-22-19(20)21/h20-21H,2-18H2,1H3. The maximum absolute atomic E-state index is 8.51. The van der Waals surface area contributed by atoms with Gasteiger partial charge in [-0.2, -0.15) is 0 Å². The second-order valence-corrected chi connectivity index (χ2v) is 7.52. The Balaban J connectivity index is 2.95. The SMILES string of the molecule is CCCCCCCCCCCCCCCCCSCOB(O)O. The van der Waals surface area contributed by atoms with Gasteiger partial charge in [-0.05, 0) is 12.2 Å². The van der Waals surface area contributed by atoms with E-state index in [-0.39, 0.29) is 0 Å². The highest BCUT2D eigenvalue weighted by Crippen LogP contribution is 2.14. The van der Waals surface area contributed by atoms with Crippen molar-refractivity contribution in [1.82, 2.24) is 0 Å². The number of hydrogen-bond donors (Lipinski definition) is 2. The van der Waals surface area contributed by atoms with Crippen molar-refractivity contribution >= 4 is 19.1 Å². The van der Waals surface area contributed by atoms with E-state index in [9.17, 15) is 0 Å². The molecule has 0 atom stereocenters. The van der Waals surface area contributed by atoms with Gasteiger partial charge in [-0.3, -0.25) is 0 Å². The molecular formula is C18H39BO3S. The third-order valence-electron chi connectivity index (χ3n) is 4.19. The van der Waals surface area contributed by atoms with Gasteiger partial charge >= 0.3 is 7.32 Å². The van der Waals surface area contributed by atoms with Gasteiger partial charge in [0.1, 0.15) is 0 Å². The molecule has 0 rings (SSSR count). The maximum Gasteiger partial charge on any atom is 0.634 e. The molecule has 0 heterocycles. The topological polar surface area (TPSA) is 49.7 Å². The Morgan fingerprint density at radius 1 is 0.652 bits per heavy atom. The van der Waals surface area contributed by atoms with Gasteiger partial charge in [-0.15, -0.1) is 11.8 Å². The van der Waals surface area contributed by atoms with Crippen LogP contribution in [0.4, 0.5) is 0 Å². The molecule has 3 nitrogen and oxygen atoms in total. The normalized spacial score (nSPS) is 11.1. The van der Waals surface area contributed by atoms with Crippen LogP contribution in [0.2, 0.25) is 0 Å². The van der Waals surface area contributed by atoms with E-state index in [4.69, 9.17) is 10.0 Å². The molecule has 0 saturated carbocycles. The summed E-state index contributed by atoms with van der Waals surface area (Å²) in [6.45, 7) is 2.28. The average molecular weight is 346 g/mol. The maximum atomic E-state index is 8.51. The molecule has 0 bridgehead atoms. The van der Waals surface area contributed by atoms with E-state index in [1.807, 2.05) is 0 Å². The third-order valence-corrected chi connectivity index (χ3v) is 5.07. The fraction of sp³-hybridized carbons (Fsp3) is 1.00. The summed E-state index contributed by atoms with van der Waals surface area (Å²) in [7, 11) is -1.62. The molecule has 0 unspecified atom stereocenters. The summed E-state index contributed by atoms with van der Waals surface area (Å²) in [6, 6.07) is 0. The van der Waals surface area contributed by atoms with E-state index in [0.29, 0.717) is 5.94 Å². The molecule has 0 aromatic rings. The molecule has 0 radical (unpaired) electrons. The molecule has 0 aliphatic carbocycles. The fourth-order valence-corrected chi connectivity index (χ4v) is 3.49. The predicted molar refractivity (Wildman–Crippen MR) is 104 cm³/mol. The summed E-state index contributed by atoms with van der Waals surface area (Å²) in [5.74, 6) is 1.42. The van der Waals surface area contributed by atoms with Gasteiger partial charge in [-0.1, -0.05) is 96.8 Å². The molecule has 0 aromatic heterocycles. The summed E-state index contributed by atoms with van der Waals surface area (Å²) in [5, 5.41) is 17.0. The Kier molecular flexibility index (Phi) is 20.6. The van der Waals surface area contributed by atoms with Crippen LogP contribution in [-0.2, 0) is 4.65 Å². The lowest BCUT2D eigenvalue weighted by Gasteiger charge is -2.04. The first-order chi connectivity index (χ1) is 11.3. The van der Waals surface area contributed by atoms with Crippen molar-refractivity contribution in [3.63, 3.8) is 0 Å². The Morgan fingerprint density at radius 2 is 1.04 bits per heavy atom. The van der Waals surface area contributed by atoms with E-state index < -0.39 is 7.32 Å². The van der Waals surface area contributed by atoms with Crippen LogP contribution >= 0.6 is 11.8 Å². The van der Waals surface area contributed by atoms with Gasteiger partial charge < -0.3 is 14.7 Å². The molecule has 0 aliphatic rings. The lowest BCUT2D eigenvalue weighted by Crippen LogP contribution is -2.16. The molecule has 23 heavy (non-hydrogen) atoms. The van der Waals surface area contributed by atoms with Crippen LogP contribution in [0.15, 0.2) is 0 Å². The third kappa shape index (κ3) is 22.3. The van der Waals surface area contributed by atoms with E-state index in [1.165, 1.54) is 96.3 Å². The smallest absolute Gasteiger partial charge is 0.402 e. The molecule has 0 saturated heterocycles. The van der Waals surface area contributed by atoms with Crippen LogP contribution in [0, 0.1) is 0 Å². The molecule has 0 aromatic carbocycles. The lowest BCUT2D eigenvalue weighted by atomic mass is 10.0. The van der Waals surface area contributed by atoms with Crippen molar-refractivity contribution in [3.05, 3.63) is 0 Å². The van der Waals surface area contributed by atoms with Crippen molar-refractivity contribution in [2.45, 2.75) is 103 Å². The van der Waals surface area contributed by atoms with Gasteiger partial charge in [0.25, 0.3) is 0 Å². The first-order valence-electron chi connectivity index (χ1n) is 9.83. The number of unbranched alkanes of at least 4 members (excludes halogenated alkanes) is 14. The first kappa shape index (κ1) is 23.3. The van der Waals surface area contributed by atoms with Gasteiger partial charge in [0.2, 0.25) is 0 Å². The Hall–Kier alpha value is 0.295. The zero-order valence-corrected chi connectivity index (χ0v) is 16.1. The van der Waals surface area contributed by atoms with Crippen LogP contribution in [0.3, 0.4) is 0 Å². The molecule has 2 N–H and O–H groups in total. The van der Waals surface area contributed by atoms with E-state index >= 15 is 0 Å². The summed E-state index contributed by atoms with van der Waals surface area (Å²) in [6.07, 6.45) is 20.8. The van der Waals surface area contributed by atoms with Gasteiger partial charge in [0.05, 0.1) is 5.94 Å². The number of thioether (sulfide) groups is 1. The highest BCUT2D eigenvalue weighted by molar-refractivity contribution is 7.99. The average Bonchev–Trinajstić information content (AvgIpc) is 2.53. The van der Waals surface area contributed by atoms with Crippen molar-refractivity contribution in [1.29, 1.82) is 0 Å². The molecule has 0 fully saturated rings. The quantitative estimate of drug-likeness (QED) is 0.183. The monoisotopic (exact) mass is 346 g/mol. The summed E-state index contributed by atoms with van der Waals surface area (Å²) >= 11 is 1.62. The summed E-state index contributed by atoms with van der Waals surface area (Å²) < 4.78 is 4.64. The lowest BCUT2D eigenvalue weighted by molar-refractivity contribution is 0.220. The van der Waals surface area contributed by atoms with Crippen LogP contribution in [0.25, 0.3) is 0 Å². The zero-order chi connectivity index (χ0) is 17.0. The van der Waals surface area contributed by atoms with Gasteiger partial charge in [-0.25, -0.2) is 0 Å². The fourth-order valence-electron chi connectivity index (χ4n) is 2.74. The first-order valence-corrected chi connectivity index (χ1v) is 11.0. The molecule has 5 heteroatoms. The summed E-state index contributed by atoms with van der Waals surface area (Å²) in [5.41, 5.74) is 0. The second-order valence-electron chi connectivity index (χ2n) is 6.47. The van der Waals surface area contributed by atoms with Gasteiger partial charge in [0, 0.05) is 0 Å². The molecule has 0 amide bonds. The summed E-state index contributed by atoms with van der Waals surface area (Å²) in [4.78, 5) is 0. The molecule has 0 spiro atoms. The van der Waals surface area contributed by atoms with Crippen LogP contribution in [-0.4, -0.2) is 29.1 Å². The number of rotatable bonds is 19. The second kappa shape index (κ2) is 20.3. The van der Waals surface area contributed by atoms with Crippen LogP contribution in [0.5, 0.6) is 0 Å². The minimum absolute atomic E-state index is 0.371. The molecular weight excluding hydrogens is 307 g/mol. The van der Waals surface area contributed by atoms with Crippen molar-refractivity contribution in [3.8, 4) is 0 Å². The molecule has 0 aliphatic heterocycles. The molecule has 138 valence electrons. The Labute approximate surface area is 149 Å². The van der Waals surface area contributed by atoms with Crippen molar-refractivity contribution < 1.29 is 14.7 Å². The number of hydrogen-bond acceptors (Lipinski definition) is 4. The van der Waals surface area contributed by atoms with Crippen LogP contribution in [0.1, 0.15) is 103 Å². The van der Waals surface area contributed by atoms with Crippen molar-refractivity contribution in [2.75, 3.05) is 11.7 Å². The predicted octanol–water partition coefficient (Wildman–Crippen LogP) is 5.53. The Bertz CT molecular complexity index is 218. The minimum Gasteiger partial charge on any atom is -0.402 e. The minimum atomic E-state index is -1.62. The van der Waals surface area contributed by atoms with Crippen LogP contribution < -0.4 is 0 Å².